The van der Waals surface area contributed by atoms with Crippen molar-refractivity contribution in [3.8, 4) is 5.75 Å². The number of aromatic hydroxyl groups is 1. The maximum atomic E-state index is 14.4. The molecule has 87 heavy (non-hydrogen) atoms. The Hall–Kier alpha value is -7.94. The number of carbonyl (C=O) groups excluding carboxylic acids is 10. The topological polar surface area (TPSA) is 403 Å². The minimum atomic E-state index is -1.82. The largest absolute Gasteiger partial charge is 0.508 e. The molecule has 26 heteroatoms. The summed E-state index contributed by atoms with van der Waals surface area (Å²) in [6, 6.07) is 10.1. The lowest BCUT2D eigenvalue weighted by Gasteiger charge is -2.35. The normalized spacial score (nSPS) is 20.0. The minimum Gasteiger partial charge on any atom is -0.508 e. The number of rotatable bonds is 36. The number of hydrogen-bond acceptors (Lipinski definition) is 16. The second-order valence-electron chi connectivity index (χ2n) is 22.9. The van der Waals surface area contributed by atoms with Gasteiger partial charge in [-0.3, -0.25) is 48.5 Å². The molecule has 3 aromatic rings. The molecule has 2 heterocycles. The molecule has 0 aromatic heterocycles. The van der Waals surface area contributed by atoms with E-state index < -0.39 is 102 Å². The van der Waals surface area contributed by atoms with Crippen LogP contribution in [0.25, 0.3) is 0 Å². The summed E-state index contributed by atoms with van der Waals surface area (Å²) in [7, 11) is 0. The molecule has 2 saturated heterocycles. The Balaban J connectivity index is 1.20. The number of amides is 9. The quantitative estimate of drug-likeness (QED) is 0.0219. The second kappa shape index (κ2) is 32.7. The lowest BCUT2D eigenvalue weighted by molar-refractivity contribution is -0.142. The van der Waals surface area contributed by atoms with E-state index in [0.717, 1.165) is 18.6 Å². The van der Waals surface area contributed by atoms with Gasteiger partial charge in [0.15, 0.2) is 5.78 Å². The van der Waals surface area contributed by atoms with Crippen molar-refractivity contribution in [3.63, 3.8) is 0 Å². The highest BCUT2D eigenvalue weighted by Crippen LogP contribution is 2.47. The molecular weight excluding hydrogens is 1140 g/mol. The van der Waals surface area contributed by atoms with Crippen LogP contribution in [0.15, 0.2) is 78.9 Å². The Morgan fingerprint density at radius 1 is 0.655 bits per heavy atom. The first kappa shape index (κ1) is 69.8. The van der Waals surface area contributed by atoms with Crippen molar-refractivity contribution in [3.05, 3.63) is 101 Å². The number of aliphatic carboxylic acids is 1. The predicted molar refractivity (Wildman–Crippen MR) is 323 cm³/mol. The fourth-order valence-electron chi connectivity index (χ4n) is 10.3. The molecule has 0 saturated carbocycles. The van der Waals surface area contributed by atoms with E-state index >= 15 is 0 Å². The molecule has 2 fully saturated rings. The van der Waals surface area contributed by atoms with E-state index in [1.54, 1.807) is 44.2 Å². The van der Waals surface area contributed by atoms with Crippen LogP contribution in [0.5, 0.6) is 5.75 Å². The maximum absolute atomic E-state index is 14.4. The number of primary amides is 1. The molecule has 0 radical (unpaired) electrons. The Kier molecular flexibility index (Phi) is 26.2. The van der Waals surface area contributed by atoms with Crippen molar-refractivity contribution in [1.29, 1.82) is 0 Å². The number of urea groups is 1. The first-order valence-corrected chi connectivity index (χ1v) is 30.3. The molecule has 0 unspecified atom stereocenters. The van der Waals surface area contributed by atoms with Crippen LogP contribution in [0.1, 0.15) is 126 Å². The van der Waals surface area contributed by atoms with Gasteiger partial charge in [-0.15, -0.1) is 0 Å². The molecule has 474 valence electrons. The van der Waals surface area contributed by atoms with Crippen molar-refractivity contribution in [2.45, 2.75) is 177 Å². The number of benzene rings is 3. The number of carbonyl (C=O) groups is 11. The number of aliphatic hydroxyl groups is 2. The Morgan fingerprint density at radius 2 is 1.20 bits per heavy atom. The maximum Gasteiger partial charge on any atom is 0.326 e. The number of carboxylic acid groups (broad SMARTS) is 1. The van der Waals surface area contributed by atoms with E-state index in [0.29, 0.717) is 55.3 Å². The van der Waals surface area contributed by atoms with Gasteiger partial charge in [-0.1, -0.05) is 93.4 Å². The van der Waals surface area contributed by atoms with Gasteiger partial charge >= 0.3 is 12.0 Å². The standard InChI is InChI=1S/C61H84N10O15S/c1-7-34(2)49(68-56(82)50(35(3)72)64-32-42(75)17-13-14-28-63-48(77)19-12-11-18-46-61(6)60(5,33-87-46)70-59(86)71-61)55(81)69-51(36(4)73)57(83)66-43(29-37-20-24-40(25-21-37)52(78)39-15-9-8-10-16-39)53(79)65-44(31-47(62)76)54(80)67-45(58(84)85)30-38-22-26-41(74)27-23-38/h8-10,15-16,20-27,34-36,43-46,49-51,64,72-74H,7,11-14,17-19,28-33H2,1-6H3,(H2,62,76)(H,63,77)(H,65,79)(H,66,83)(H,67,80)(H,68,82)(H,69,81)(H,84,85)(H2,70,71,86)/t34-,35+,36+,43-,44-,45-,46-,49-,50-,51-,60-,61+/m0/s1. The van der Waals surface area contributed by atoms with E-state index in [-0.39, 0.29) is 77.0 Å². The molecule has 12 atom stereocenters. The van der Waals surface area contributed by atoms with Crippen LogP contribution in [0.3, 0.4) is 0 Å². The van der Waals surface area contributed by atoms with Crippen LogP contribution >= 0.6 is 11.8 Å². The van der Waals surface area contributed by atoms with E-state index in [2.05, 4.69) is 54.8 Å². The number of carboxylic acids is 1. The smallest absolute Gasteiger partial charge is 0.326 e. The highest BCUT2D eigenvalue weighted by molar-refractivity contribution is 8.00. The number of thioether (sulfide) groups is 1. The Bertz CT molecular complexity index is 2920. The summed E-state index contributed by atoms with van der Waals surface area (Å²) in [5, 5.41) is 65.6. The summed E-state index contributed by atoms with van der Waals surface area (Å²) >= 11 is 1.82. The van der Waals surface area contributed by atoms with Gasteiger partial charge in [0.05, 0.1) is 36.3 Å². The highest BCUT2D eigenvalue weighted by atomic mass is 32.2. The Labute approximate surface area is 510 Å². The number of fused-ring (bicyclic) bond motifs is 1. The van der Waals surface area contributed by atoms with Crippen LogP contribution in [-0.2, 0) is 56.0 Å². The van der Waals surface area contributed by atoms with Gasteiger partial charge in [0, 0.05) is 54.4 Å². The average molecular weight is 1230 g/mol. The van der Waals surface area contributed by atoms with Gasteiger partial charge in [0.2, 0.25) is 41.4 Å². The first-order chi connectivity index (χ1) is 41.1. The van der Waals surface area contributed by atoms with E-state index in [4.69, 9.17) is 5.73 Å². The van der Waals surface area contributed by atoms with Crippen molar-refractivity contribution in [2.24, 2.45) is 11.7 Å². The fraction of sp³-hybridized carbons (Fsp3) is 0.525. The number of phenolic OH excluding ortho intramolecular Hbond substituents is 1. The van der Waals surface area contributed by atoms with Crippen LogP contribution in [0.4, 0.5) is 4.79 Å². The summed E-state index contributed by atoms with van der Waals surface area (Å²) in [6.07, 6.45) is -0.437. The third-order valence-corrected chi connectivity index (χ3v) is 17.8. The second-order valence-corrected chi connectivity index (χ2v) is 24.1. The molecule has 0 aliphatic carbocycles. The van der Waals surface area contributed by atoms with E-state index in [1.165, 1.54) is 62.4 Å². The molecule has 0 bridgehead atoms. The molecule has 5 rings (SSSR count). The van der Waals surface area contributed by atoms with Crippen molar-refractivity contribution in [1.82, 2.24) is 47.9 Å². The molecule has 25 nitrogen and oxygen atoms in total. The summed E-state index contributed by atoms with van der Waals surface area (Å²) in [5.41, 5.74) is 6.24. The van der Waals surface area contributed by atoms with Crippen LogP contribution in [-0.4, -0.2) is 169 Å². The van der Waals surface area contributed by atoms with Crippen LogP contribution < -0.4 is 53.6 Å². The molecule has 2 aliphatic heterocycles. The summed E-state index contributed by atoms with van der Waals surface area (Å²) in [5.74, 6) is -8.33. The van der Waals surface area contributed by atoms with Crippen molar-refractivity contribution >= 4 is 76.7 Å². The number of ketones is 2. The molecular formula is C61H84N10O15S. The first-order valence-electron chi connectivity index (χ1n) is 29.2. The van der Waals surface area contributed by atoms with Crippen molar-refractivity contribution in [2.75, 3.05) is 18.8 Å². The predicted octanol–water partition coefficient (Wildman–Crippen LogP) is 0.920. The van der Waals surface area contributed by atoms with Gasteiger partial charge in [-0.2, -0.15) is 11.8 Å². The number of phenols is 1. The van der Waals surface area contributed by atoms with Gasteiger partial charge < -0.3 is 68.7 Å². The molecule has 2 aliphatic rings. The lowest BCUT2D eigenvalue weighted by Crippen LogP contribution is -2.63. The number of nitrogens with one attached hydrogen (secondary N) is 9. The summed E-state index contributed by atoms with van der Waals surface area (Å²) in [4.78, 5) is 146. The third kappa shape index (κ3) is 20.3. The van der Waals surface area contributed by atoms with Crippen LogP contribution in [0, 0.1) is 5.92 Å². The zero-order chi connectivity index (χ0) is 64.2. The summed E-state index contributed by atoms with van der Waals surface area (Å²) < 4.78 is 0. The third-order valence-electron chi connectivity index (χ3n) is 15.9. The Morgan fingerprint density at radius 3 is 1.80 bits per heavy atom. The van der Waals surface area contributed by atoms with Gasteiger partial charge in [0.25, 0.3) is 0 Å². The van der Waals surface area contributed by atoms with Crippen LogP contribution in [0.2, 0.25) is 0 Å². The lowest BCUT2D eigenvalue weighted by atomic mass is 9.79. The molecule has 9 amide bonds. The zero-order valence-corrected chi connectivity index (χ0v) is 50.8. The number of aliphatic hydroxyl groups excluding tert-OH is 2. The summed E-state index contributed by atoms with van der Waals surface area (Å²) in [6.45, 7) is 9.99. The molecule has 3 aromatic carbocycles. The number of Topliss-reactive ketones (excluding diaryl/α,β-unsaturated/α-hetero) is 1. The zero-order valence-electron chi connectivity index (χ0n) is 49.9. The molecule has 0 spiro atoms. The number of nitrogens with two attached hydrogens (primary N) is 1. The number of hydrogen-bond donors (Lipinski definition) is 14. The van der Waals surface area contributed by atoms with Gasteiger partial charge in [-0.05, 0) is 82.6 Å². The SMILES string of the molecule is CC[C@H](C)[C@H](NC(=O)[C@@H](NCC(=O)CCCCNC(=O)CCCC[C@@H]1SC[C@]2(C)NC(=O)N[C@]12C)[C@@H](C)O)C(=O)N[C@H](C(=O)N[C@@H](Cc1ccc(C(=O)c2ccccc2)cc1)C(=O)N[C@@H](CC(N)=O)C(=O)N[C@@H](Cc1ccc(O)cc1)C(=O)O)[C@@H](C)O. The average Bonchev–Trinajstić information content (AvgIpc) is 1.62. The van der Waals surface area contributed by atoms with E-state index in [1.807, 2.05) is 18.7 Å². The van der Waals surface area contributed by atoms with E-state index in [9.17, 15) is 73.2 Å². The number of unbranched alkanes of at least 4 members (excludes halogenated alkanes) is 2. The van der Waals surface area contributed by atoms with Gasteiger partial charge in [0.1, 0.15) is 47.8 Å². The minimum absolute atomic E-state index is 0.0910. The fourth-order valence-corrected chi connectivity index (χ4v) is 12.1. The van der Waals surface area contributed by atoms with Gasteiger partial charge in [-0.25, -0.2) is 9.59 Å². The monoisotopic (exact) mass is 1230 g/mol. The molecule has 15 N–H and O–H groups in total. The van der Waals surface area contributed by atoms with Crippen molar-refractivity contribution < 1.29 is 73.2 Å². The highest BCUT2D eigenvalue weighted by Gasteiger charge is 2.60.